The Balaban J connectivity index is 1.17. The molecule has 0 saturated heterocycles. The molecule has 9 rings (SSSR count). The zero-order chi connectivity index (χ0) is 42.7. The molecule has 0 N–H and O–H groups in total. The molecule has 0 spiro atoms. The number of ether oxygens (including phenoxy) is 1. The van der Waals surface area contributed by atoms with Crippen molar-refractivity contribution in [3.05, 3.63) is 187 Å². The van der Waals surface area contributed by atoms with Gasteiger partial charge < -0.3 is 4.74 Å². The number of rotatable bonds is 7. The van der Waals surface area contributed by atoms with E-state index in [0.29, 0.717) is 0 Å². The molecule has 0 radical (unpaired) electrons. The SMILES string of the molecule is CC(C)(C)c1cc(Oc2ccc3c4ccccc4n(-c4cc(C(C)(C)C)ccn4)c3c2)cc(-n2[c-][n+](-c3cc(-c4ccccc4)cc(-c4ccccc4)c3)c(C(C)(C)C)c2)c1. The van der Waals surface area contributed by atoms with Crippen LogP contribution in [0.25, 0.3) is 61.3 Å². The summed E-state index contributed by atoms with van der Waals surface area (Å²) >= 11 is 0. The number of benzene rings is 6. The van der Waals surface area contributed by atoms with E-state index in [1.165, 1.54) is 27.6 Å². The molecule has 0 atom stereocenters. The van der Waals surface area contributed by atoms with E-state index >= 15 is 0 Å². The molecule has 0 fully saturated rings. The molecule has 61 heavy (non-hydrogen) atoms. The lowest BCUT2D eigenvalue weighted by Gasteiger charge is -2.22. The largest absolute Gasteiger partial charge is 0.458 e. The van der Waals surface area contributed by atoms with Gasteiger partial charge in [-0.1, -0.05) is 141 Å². The second-order valence-corrected chi connectivity index (χ2v) is 19.3. The van der Waals surface area contributed by atoms with Crippen LogP contribution in [-0.2, 0) is 16.2 Å². The highest BCUT2D eigenvalue weighted by Gasteiger charge is 2.25. The fraction of sp³-hybridized carbons (Fsp3) is 0.214. The van der Waals surface area contributed by atoms with E-state index in [9.17, 15) is 0 Å². The molecule has 304 valence electrons. The first kappa shape index (κ1) is 39.7. The fourth-order valence-electron chi connectivity index (χ4n) is 8.18. The lowest BCUT2D eigenvalue weighted by atomic mass is 9.86. The van der Waals surface area contributed by atoms with Crippen LogP contribution in [0.5, 0.6) is 11.5 Å². The first-order chi connectivity index (χ1) is 29.1. The third-order valence-electron chi connectivity index (χ3n) is 11.6. The van der Waals surface area contributed by atoms with Crippen molar-refractivity contribution < 1.29 is 9.30 Å². The maximum atomic E-state index is 6.90. The maximum absolute atomic E-state index is 6.90. The van der Waals surface area contributed by atoms with Crippen molar-refractivity contribution in [3.8, 4) is 50.9 Å². The van der Waals surface area contributed by atoms with E-state index in [1.807, 2.05) is 6.20 Å². The number of imidazole rings is 1. The summed E-state index contributed by atoms with van der Waals surface area (Å²) in [5.74, 6) is 2.42. The summed E-state index contributed by atoms with van der Waals surface area (Å²) in [5.41, 5.74) is 12.1. The second-order valence-electron chi connectivity index (χ2n) is 19.3. The summed E-state index contributed by atoms with van der Waals surface area (Å²) in [6.45, 7) is 20.3. The van der Waals surface area contributed by atoms with Crippen molar-refractivity contribution in [2.24, 2.45) is 0 Å². The van der Waals surface area contributed by atoms with Crippen LogP contribution in [-0.4, -0.2) is 14.1 Å². The summed E-state index contributed by atoms with van der Waals surface area (Å²) in [5, 5.41) is 2.34. The van der Waals surface area contributed by atoms with Crippen LogP contribution in [0.1, 0.15) is 79.1 Å². The van der Waals surface area contributed by atoms with Crippen molar-refractivity contribution in [2.45, 2.75) is 78.6 Å². The van der Waals surface area contributed by atoms with Gasteiger partial charge >= 0.3 is 0 Å². The van der Waals surface area contributed by atoms with Crippen molar-refractivity contribution in [3.63, 3.8) is 0 Å². The van der Waals surface area contributed by atoms with Gasteiger partial charge in [-0.25, -0.2) is 4.98 Å². The monoisotopic (exact) mass is 798 g/mol. The molecular formula is C56H54N4O. The van der Waals surface area contributed by atoms with Crippen LogP contribution in [0.3, 0.4) is 0 Å². The van der Waals surface area contributed by atoms with Crippen LogP contribution >= 0.6 is 0 Å². The summed E-state index contributed by atoms with van der Waals surface area (Å²) in [6, 6.07) is 54.0. The Labute approximate surface area is 360 Å². The van der Waals surface area contributed by atoms with E-state index in [1.54, 1.807) is 0 Å². The Kier molecular flexibility index (Phi) is 9.82. The lowest BCUT2D eigenvalue weighted by molar-refractivity contribution is -0.611. The number of fused-ring (bicyclic) bond motifs is 3. The van der Waals surface area contributed by atoms with Gasteiger partial charge in [-0.15, -0.1) is 0 Å². The summed E-state index contributed by atoms with van der Waals surface area (Å²) in [7, 11) is 0. The second kappa shape index (κ2) is 15.1. The number of hydrogen-bond donors (Lipinski definition) is 0. The number of para-hydroxylation sites is 1. The first-order valence-corrected chi connectivity index (χ1v) is 21.3. The van der Waals surface area contributed by atoms with Gasteiger partial charge in [0.2, 0.25) is 0 Å². The number of aromatic nitrogens is 4. The maximum Gasteiger partial charge on any atom is 0.269 e. The average Bonchev–Trinajstić information content (AvgIpc) is 3.85. The van der Waals surface area contributed by atoms with E-state index in [-0.39, 0.29) is 16.2 Å². The third kappa shape index (κ3) is 7.89. The smallest absolute Gasteiger partial charge is 0.269 e. The molecule has 0 saturated carbocycles. The quantitative estimate of drug-likeness (QED) is 0.119. The van der Waals surface area contributed by atoms with Crippen LogP contribution in [0, 0.1) is 6.33 Å². The predicted molar refractivity (Wildman–Crippen MR) is 252 cm³/mol. The predicted octanol–water partition coefficient (Wildman–Crippen LogP) is 14.1. The topological polar surface area (TPSA) is 35.9 Å². The van der Waals surface area contributed by atoms with Gasteiger partial charge in [0.05, 0.1) is 28.1 Å². The molecule has 0 amide bonds. The molecule has 3 heterocycles. The Morgan fingerprint density at radius 3 is 1.77 bits per heavy atom. The highest BCUT2D eigenvalue weighted by molar-refractivity contribution is 6.09. The fourth-order valence-corrected chi connectivity index (χ4v) is 8.18. The van der Waals surface area contributed by atoms with Crippen LogP contribution in [0.4, 0.5) is 0 Å². The summed E-state index contributed by atoms with van der Waals surface area (Å²) in [6.07, 6.45) is 7.95. The minimum atomic E-state index is -0.187. The van der Waals surface area contributed by atoms with E-state index in [2.05, 4.69) is 240 Å². The molecule has 6 aromatic carbocycles. The van der Waals surface area contributed by atoms with Crippen LogP contribution < -0.4 is 9.30 Å². The average molecular weight is 799 g/mol. The van der Waals surface area contributed by atoms with Gasteiger partial charge in [-0.3, -0.25) is 13.7 Å². The van der Waals surface area contributed by atoms with Crippen molar-refractivity contribution in [2.75, 3.05) is 0 Å². The normalized spacial score (nSPS) is 12.3. The molecule has 9 aromatic rings. The Morgan fingerprint density at radius 2 is 1.13 bits per heavy atom. The van der Waals surface area contributed by atoms with Crippen LogP contribution in [0.2, 0.25) is 0 Å². The Bertz CT molecular complexity index is 2980. The number of nitrogens with zero attached hydrogens (tertiary/aromatic N) is 4. The summed E-state index contributed by atoms with van der Waals surface area (Å²) < 4.78 is 13.5. The standard InChI is InChI=1S/C56H54N4O/c1-54(2,3)42-26-27-57-53(33-42)60-50-23-17-16-22-48(50)49-25-24-46(35-51(49)60)61-47-32-43(55(4,5)6)31-44(34-47)58-36-52(56(7,8)9)59(37-58)45-29-40(38-18-12-10-13-19-38)28-41(30-45)39-20-14-11-15-21-39/h10-36H,1-9H3. The van der Waals surface area contributed by atoms with Gasteiger partial charge in [0.25, 0.3) is 6.33 Å². The third-order valence-corrected chi connectivity index (χ3v) is 11.6. The minimum Gasteiger partial charge on any atom is -0.458 e. The molecule has 0 aliphatic carbocycles. The first-order valence-electron chi connectivity index (χ1n) is 21.3. The number of hydrogen-bond acceptors (Lipinski definition) is 2. The van der Waals surface area contributed by atoms with Crippen molar-refractivity contribution in [1.29, 1.82) is 0 Å². The molecular weight excluding hydrogens is 745 g/mol. The molecule has 0 unspecified atom stereocenters. The van der Waals surface area contributed by atoms with Gasteiger partial charge in [-0.05, 0) is 116 Å². The molecule has 0 bridgehead atoms. The van der Waals surface area contributed by atoms with E-state index in [0.717, 1.165) is 61.9 Å². The Hall–Kier alpha value is -6.72. The summed E-state index contributed by atoms with van der Waals surface area (Å²) in [4.78, 5) is 4.90. The molecule has 3 aromatic heterocycles. The molecule has 0 aliphatic rings. The van der Waals surface area contributed by atoms with Gasteiger partial charge in [-0.2, -0.15) is 0 Å². The van der Waals surface area contributed by atoms with E-state index in [4.69, 9.17) is 9.72 Å². The lowest BCUT2D eigenvalue weighted by Crippen LogP contribution is -2.38. The zero-order valence-corrected chi connectivity index (χ0v) is 36.8. The molecule has 5 heteroatoms. The molecule has 5 nitrogen and oxygen atoms in total. The minimum absolute atomic E-state index is 0.0120. The van der Waals surface area contributed by atoms with Crippen molar-refractivity contribution >= 4 is 21.8 Å². The highest BCUT2D eigenvalue weighted by atomic mass is 16.5. The number of pyridine rings is 1. The van der Waals surface area contributed by atoms with E-state index < -0.39 is 0 Å². The van der Waals surface area contributed by atoms with Crippen LogP contribution in [0.15, 0.2) is 164 Å². The van der Waals surface area contributed by atoms with Gasteiger partial charge in [0.15, 0.2) is 0 Å². The zero-order valence-electron chi connectivity index (χ0n) is 36.8. The Morgan fingerprint density at radius 1 is 0.508 bits per heavy atom. The van der Waals surface area contributed by atoms with Gasteiger partial charge in [0.1, 0.15) is 17.3 Å². The highest BCUT2D eigenvalue weighted by Crippen LogP contribution is 2.38. The van der Waals surface area contributed by atoms with Gasteiger partial charge in [0, 0.05) is 29.2 Å². The van der Waals surface area contributed by atoms with Crippen molar-refractivity contribution in [1.82, 2.24) is 14.1 Å². The molecule has 0 aliphatic heterocycles.